The number of pyridine rings is 1. The minimum Gasteiger partial charge on any atom is -0.330 e. The molecule has 0 bridgehead atoms. The molecule has 0 fully saturated rings. The van der Waals surface area contributed by atoms with Crippen LogP contribution in [0.15, 0.2) is 24.4 Å². The Morgan fingerprint density at radius 1 is 1.50 bits per heavy atom. The van der Waals surface area contributed by atoms with Crippen molar-refractivity contribution in [2.24, 2.45) is 5.73 Å². The molecule has 62 valence electrons. The van der Waals surface area contributed by atoms with Crippen molar-refractivity contribution in [3.8, 4) is 0 Å². The molecule has 12 heavy (non-hydrogen) atoms. The van der Waals surface area contributed by atoms with E-state index in [4.69, 9.17) is 5.73 Å². The van der Waals surface area contributed by atoms with E-state index < -0.39 is 0 Å². The zero-order chi connectivity index (χ0) is 8.39. The fraction of sp³-hybridized carbons (Fsp3) is 0.300. The van der Waals surface area contributed by atoms with E-state index in [2.05, 4.69) is 17.1 Å². The molecule has 0 atom stereocenters. The van der Waals surface area contributed by atoms with Crippen molar-refractivity contribution >= 4 is 5.57 Å². The number of nitrogens with zero attached hydrogens (tertiary/aromatic N) is 1. The Morgan fingerprint density at radius 2 is 2.42 bits per heavy atom. The molecule has 2 heteroatoms. The molecule has 1 aromatic heterocycles. The maximum atomic E-state index is 5.50. The summed E-state index contributed by atoms with van der Waals surface area (Å²) in [5.74, 6) is 0. The van der Waals surface area contributed by atoms with Crippen LogP contribution in [-0.2, 0) is 6.42 Å². The number of hydrogen-bond acceptors (Lipinski definition) is 2. The number of rotatable bonds is 2. The van der Waals surface area contributed by atoms with Gasteiger partial charge in [-0.2, -0.15) is 0 Å². The highest BCUT2D eigenvalue weighted by atomic mass is 14.7. The van der Waals surface area contributed by atoms with Gasteiger partial charge in [0.15, 0.2) is 0 Å². The normalized spacial score (nSPS) is 14.2. The van der Waals surface area contributed by atoms with Crippen LogP contribution < -0.4 is 5.73 Å². The summed E-state index contributed by atoms with van der Waals surface area (Å²) in [6.07, 6.45) is 6.02. The summed E-state index contributed by atoms with van der Waals surface area (Å²) < 4.78 is 0. The Hall–Kier alpha value is -1.15. The highest BCUT2D eigenvalue weighted by Crippen LogP contribution is 2.27. The van der Waals surface area contributed by atoms with Crippen molar-refractivity contribution in [2.75, 3.05) is 6.54 Å². The molecule has 0 amide bonds. The van der Waals surface area contributed by atoms with E-state index in [-0.39, 0.29) is 0 Å². The van der Waals surface area contributed by atoms with E-state index in [0.29, 0.717) is 0 Å². The summed E-state index contributed by atoms with van der Waals surface area (Å²) in [5, 5.41) is 0. The van der Waals surface area contributed by atoms with Gasteiger partial charge in [-0.3, -0.25) is 4.98 Å². The molecule has 1 aliphatic rings. The third kappa shape index (κ3) is 1.14. The summed E-state index contributed by atoms with van der Waals surface area (Å²) >= 11 is 0. The molecule has 0 unspecified atom stereocenters. The molecule has 0 saturated heterocycles. The Morgan fingerprint density at radius 3 is 3.25 bits per heavy atom. The van der Waals surface area contributed by atoms with E-state index in [9.17, 15) is 0 Å². The fourth-order valence-corrected chi connectivity index (χ4v) is 1.62. The SMILES string of the molecule is NCCC1=CCc2ncccc21. The molecule has 0 aromatic carbocycles. The second-order valence-corrected chi connectivity index (χ2v) is 2.97. The van der Waals surface area contributed by atoms with Crippen molar-refractivity contribution < 1.29 is 0 Å². The molecule has 0 radical (unpaired) electrons. The lowest BCUT2D eigenvalue weighted by molar-refractivity contribution is 1.02. The molecular formula is C10H12N2. The Balaban J connectivity index is 2.32. The molecule has 2 N–H and O–H groups in total. The van der Waals surface area contributed by atoms with E-state index in [1.165, 1.54) is 16.8 Å². The van der Waals surface area contributed by atoms with Gasteiger partial charge in [0.1, 0.15) is 0 Å². The number of nitrogens with two attached hydrogens (primary N) is 1. The lowest BCUT2D eigenvalue weighted by Gasteiger charge is -2.01. The summed E-state index contributed by atoms with van der Waals surface area (Å²) in [7, 11) is 0. The average Bonchev–Trinajstić information content (AvgIpc) is 2.50. The van der Waals surface area contributed by atoms with Gasteiger partial charge in [-0.25, -0.2) is 0 Å². The Kier molecular flexibility index (Phi) is 1.92. The van der Waals surface area contributed by atoms with Crippen molar-refractivity contribution in [3.05, 3.63) is 35.7 Å². The topological polar surface area (TPSA) is 38.9 Å². The third-order valence-corrected chi connectivity index (χ3v) is 2.19. The Bertz CT molecular complexity index is 315. The summed E-state index contributed by atoms with van der Waals surface area (Å²) in [4.78, 5) is 4.30. The van der Waals surface area contributed by atoms with Gasteiger partial charge >= 0.3 is 0 Å². The molecule has 0 saturated carbocycles. The van der Waals surface area contributed by atoms with Gasteiger partial charge in [0.25, 0.3) is 0 Å². The predicted molar refractivity (Wildman–Crippen MR) is 49.6 cm³/mol. The fourth-order valence-electron chi connectivity index (χ4n) is 1.62. The number of allylic oxidation sites excluding steroid dienone is 1. The van der Waals surface area contributed by atoms with Crippen LogP contribution in [0.1, 0.15) is 17.7 Å². The van der Waals surface area contributed by atoms with Gasteiger partial charge in [0, 0.05) is 12.6 Å². The first-order chi connectivity index (χ1) is 5.92. The number of hydrogen-bond donors (Lipinski definition) is 1. The van der Waals surface area contributed by atoms with E-state index >= 15 is 0 Å². The van der Waals surface area contributed by atoms with Gasteiger partial charge in [-0.1, -0.05) is 12.1 Å². The van der Waals surface area contributed by atoms with Crippen molar-refractivity contribution in [1.82, 2.24) is 4.98 Å². The quantitative estimate of drug-likeness (QED) is 0.709. The molecule has 1 aromatic rings. The first-order valence-electron chi connectivity index (χ1n) is 4.25. The zero-order valence-electron chi connectivity index (χ0n) is 6.96. The highest BCUT2D eigenvalue weighted by Gasteiger charge is 2.12. The van der Waals surface area contributed by atoms with Crippen LogP contribution >= 0.6 is 0 Å². The zero-order valence-corrected chi connectivity index (χ0v) is 6.96. The van der Waals surface area contributed by atoms with Crippen molar-refractivity contribution in [1.29, 1.82) is 0 Å². The van der Waals surface area contributed by atoms with Gasteiger partial charge < -0.3 is 5.73 Å². The number of aromatic nitrogens is 1. The van der Waals surface area contributed by atoms with Crippen molar-refractivity contribution in [3.63, 3.8) is 0 Å². The smallest absolute Gasteiger partial charge is 0.0516 e. The lowest BCUT2D eigenvalue weighted by Crippen LogP contribution is -1.99. The molecule has 2 rings (SSSR count). The molecule has 1 aliphatic carbocycles. The van der Waals surface area contributed by atoms with Crippen LogP contribution in [0.2, 0.25) is 0 Å². The van der Waals surface area contributed by atoms with Gasteiger partial charge in [-0.05, 0) is 30.2 Å². The highest BCUT2D eigenvalue weighted by molar-refractivity contribution is 5.71. The van der Waals surface area contributed by atoms with Crippen LogP contribution in [0.5, 0.6) is 0 Å². The maximum absolute atomic E-state index is 5.50. The van der Waals surface area contributed by atoms with Gasteiger partial charge in [0.05, 0.1) is 5.69 Å². The molecule has 2 nitrogen and oxygen atoms in total. The van der Waals surface area contributed by atoms with Gasteiger partial charge in [-0.15, -0.1) is 0 Å². The Labute approximate surface area is 72.1 Å². The second-order valence-electron chi connectivity index (χ2n) is 2.97. The van der Waals surface area contributed by atoms with Crippen LogP contribution in [0.4, 0.5) is 0 Å². The number of fused-ring (bicyclic) bond motifs is 1. The minimum absolute atomic E-state index is 0.722. The second kappa shape index (κ2) is 3.07. The van der Waals surface area contributed by atoms with Gasteiger partial charge in [0.2, 0.25) is 0 Å². The van der Waals surface area contributed by atoms with E-state index in [1.54, 1.807) is 0 Å². The van der Waals surface area contributed by atoms with E-state index in [1.807, 2.05) is 12.3 Å². The maximum Gasteiger partial charge on any atom is 0.0516 e. The third-order valence-electron chi connectivity index (χ3n) is 2.19. The molecule has 1 heterocycles. The first kappa shape index (κ1) is 7.50. The first-order valence-corrected chi connectivity index (χ1v) is 4.25. The standard InChI is InChI=1S/C10H12N2/c11-6-5-8-3-4-10-9(8)2-1-7-12-10/h1-3,7H,4-6,11H2. The van der Waals surface area contributed by atoms with Crippen LogP contribution in [0.25, 0.3) is 5.57 Å². The lowest BCUT2D eigenvalue weighted by atomic mass is 10.1. The predicted octanol–water partition coefficient (Wildman–Crippen LogP) is 1.37. The largest absolute Gasteiger partial charge is 0.330 e. The molecule has 0 spiro atoms. The summed E-state index contributed by atoms with van der Waals surface area (Å²) in [6, 6.07) is 4.10. The minimum atomic E-state index is 0.722. The monoisotopic (exact) mass is 160 g/mol. The van der Waals surface area contributed by atoms with Crippen LogP contribution in [0, 0.1) is 0 Å². The van der Waals surface area contributed by atoms with Crippen LogP contribution in [-0.4, -0.2) is 11.5 Å². The summed E-state index contributed by atoms with van der Waals surface area (Å²) in [5.41, 5.74) is 9.36. The average molecular weight is 160 g/mol. The van der Waals surface area contributed by atoms with Crippen molar-refractivity contribution in [2.45, 2.75) is 12.8 Å². The molecule has 0 aliphatic heterocycles. The van der Waals surface area contributed by atoms with E-state index in [0.717, 1.165) is 19.4 Å². The van der Waals surface area contributed by atoms with Crippen LogP contribution in [0.3, 0.4) is 0 Å². The molecular weight excluding hydrogens is 148 g/mol. The summed E-state index contributed by atoms with van der Waals surface area (Å²) in [6.45, 7) is 0.722.